The van der Waals surface area contributed by atoms with Gasteiger partial charge in [-0.2, -0.15) is 0 Å². The van der Waals surface area contributed by atoms with Gasteiger partial charge in [0, 0.05) is 6.92 Å². The summed E-state index contributed by atoms with van der Waals surface area (Å²) in [6.45, 7) is 1.36. The first-order valence-electron chi connectivity index (χ1n) is 5.19. The van der Waals surface area contributed by atoms with Gasteiger partial charge in [-0.25, -0.2) is 4.39 Å². The van der Waals surface area contributed by atoms with Crippen molar-refractivity contribution in [2.24, 2.45) is 0 Å². The van der Waals surface area contributed by atoms with E-state index in [4.69, 9.17) is 4.74 Å². The molecule has 0 bridgehead atoms. The lowest BCUT2D eigenvalue weighted by atomic mass is 10.1. The predicted molar refractivity (Wildman–Crippen MR) is 63.1 cm³/mol. The van der Waals surface area contributed by atoms with Crippen molar-refractivity contribution >= 4 is 5.97 Å². The van der Waals surface area contributed by atoms with E-state index in [0.717, 1.165) is 11.1 Å². The number of carbonyl (C=O) groups excluding carboxylic acids is 1. The van der Waals surface area contributed by atoms with Crippen LogP contribution in [0.1, 0.15) is 6.92 Å². The number of benzene rings is 2. The average Bonchev–Trinajstić information content (AvgIpc) is 2.30. The minimum absolute atomic E-state index is 0.259. The predicted octanol–water partition coefficient (Wildman–Crippen LogP) is 3.42. The van der Waals surface area contributed by atoms with Crippen LogP contribution in [0.3, 0.4) is 0 Å². The van der Waals surface area contributed by atoms with Crippen LogP contribution < -0.4 is 4.74 Å². The van der Waals surface area contributed by atoms with Crippen molar-refractivity contribution < 1.29 is 13.9 Å². The Kier molecular flexibility index (Phi) is 3.19. The molecule has 2 aromatic rings. The lowest BCUT2D eigenvalue weighted by Gasteiger charge is -2.04. The van der Waals surface area contributed by atoms with Crippen LogP contribution in [0, 0.1) is 5.82 Å². The van der Waals surface area contributed by atoms with Crippen molar-refractivity contribution in [1.29, 1.82) is 0 Å². The maximum atomic E-state index is 12.8. The minimum atomic E-state index is -0.348. The molecule has 0 N–H and O–H groups in total. The van der Waals surface area contributed by atoms with E-state index in [1.807, 2.05) is 12.1 Å². The van der Waals surface area contributed by atoms with E-state index in [2.05, 4.69) is 0 Å². The molecule has 86 valence electrons. The van der Waals surface area contributed by atoms with Gasteiger partial charge in [-0.1, -0.05) is 24.3 Å². The largest absolute Gasteiger partial charge is 0.427 e. The lowest BCUT2D eigenvalue weighted by molar-refractivity contribution is -0.131. The first kappa shape index (κ1) is 11.3. The van der Waals surface area contributed by atoms with E-state index in [9.17, 15) is 9.18 Å². The van der Waals surface area contributed by atoms with Crippen molar-refractivity contribution in [3.63, 3.8) is 0 Å². The highest BCUT2D eigenvalue weighted by Gasteiger charge is 2.00. The highest BCUT2D eigenvalue weighted by atomic mass is 19.1. The standard InChI is InChI=1S/C14H11FO2/c1-10(16)17-14-8-4-12(5-9-14)11-2-6-13(15)7-3-11/h2-9H,1H3. The van der Waals surface area contributed by atoms with Crippen LogP contribution in [0.15, 0.2) is 48.5 Å². The second-order valence-electron chi connectivity index (χ2n) is 3.62. The summed E-state index contributed by atoms with van der Waals surface area (Å²) in [7, 11) is 0. The summed E-state index contributed by atoms with van der Waals surface area (Å²) in [4.78, 5) is 10.7. The molecule has 17 heavy (non-hydrogen) atoms. The molecule has 0 aliphatic rings. The molecule has 0 fully saturated rings. The smallest absolute Gasteiger partial charge is 0.308 e. The monoisotopic (exact) mass is 230 g/mol. The van der Waals surface area contributed by atoms with Crippen LogP contribution in [0.5, 0.6) is 5.75 Å². The lowest BCUT2D eigenvalue weighted by Crippen LogP contribution is -2.00. The van der Waals surface area contributed by atoms with Gasteiger partial charge in [-0.15, -0.1) is 0 Å². The first-order chi connectivity index (χ1) is 8.15. The Bertz CT molecular complexity index is 515. The summed E-state index contributed by atoms with van der Waals surface area (Å²) in [5.74, 6) is -0.104. The fourth-order valence-corrected chi connectivity index (χ4v) is 1.52. The van der Waals surface area contributed by atoms with E-state index in [0.29, 0.717) is 5.75 Å². The van der Waals surface area contributed by atoms with Gasteiger partial charge in [-0.05, 0) is 35.4 Å². The van der Waals surface area contributed by atoms with Gasteiger partial charge >= 0.3 is 5.97 Å². The molecular formula is C14H11FO2. The Balaban J connectivity index is 2.23. The van der Waals surface area contributed by atoms with Gasteiger partial charge in [0.05, 0.1) is 0 Å². The van der Waals surface area contributed by atoms with E-state index in [-0.39, 0.29) is 11.8 Å². The van der Waals surface area contributed by atoms with Crippen LogP contribution >= 0.6 is 0 Å². The van der Waals surface area contributed by atoms with Gasteiger partial charge < -0.3 is 4.74 Å². The third kappa shape index (κ3) is 2.91. The molecule has 0 atom stereocenters. The molecule has 0 radical (unpaired) electrons. The Morgan fingerprint density at radius 1 is 0.941 bits per heavy atom. The summed E-state index contributed by atoms with van der Waals surface area (Å²) in [6, 6.07) is 13.3. The Hall–Kier alpha value is -2.16. The summed E-state index contributed by atoms with van der Waals surface area (Å²) in [6.07, 6.45) is 0. The zero-order valence-electron chi connectivity index (χ0n) is 9.31. The molecule has 0 aliphatic heterocycles. The SMILES string of the molecule is CC(=O)Oc1ccc(-c2ccc(F)cc2)cc1. The summed E-state index contributed by atoms with van der Waals surface area (Å²) in [5.41, 5.74) is 1.86. The fourth-order valence-electron chi connectivity index (χ4n) is 1.52. The number of ether oxygens (including phenoxy) is 1. The Morgan fingerprint density at radius 2 is 1.41 bits per heavy atom. The van der Waals surface area contributed by atoms with Crippen molar-refractivity contribution in [3.8, 4) is 16.9 Å². The molecule has 0 saturated heterocycles. The third-order valence-electron chi connectivity index (χ3n) is 2.29. The molecule has 0 saturated carbocycles. The molecule has 0 unspecified atom stereocenters. The number of rotatable bonds is 2. The number of halogens is 1. The average molecular weight is 230 g/mol. The Labute approximate surface area is 98.7 Å². The summed E-state index contributed by atoms with van der Waals surface area (Å²) >= 11 is 0. The Morgan fingerprint density at radius 3 is 1.88 bits per heavy atom. The van der Waals surface area contributed by atoms with Crippen molar-refractivity contribution in [2.45, 2.75) is 6.92 Å². The van der Waals surface area contributed by atoms with E-state index in [1.54, 1.807) is 24.3 Å². The second kappa shape index (κ2) is 4.78. The first-order valence-corrected chi connectivity index (χ1v) is 5.19. The molecule has 2 rings (SSSR count). The van der Waals surface area contributed by atoms with Gasteiger partial charge in [0.1, 0.15) is 11.6 Å². The van der Waals surface area contributed by atoms with Gasteiger partial charge in [0.25, 0.3) is 0 Å². The zero-order chi connectivity index (χ0) is 12.3. The zero-order valence-corrected chi connectivity index (χ0v) is 9.31. The second-order valence-corrected chi connectivity index (χ2v) is 3.62. The highest BCUT2D eigenvalue weighted by molar-refractivity contribution is 5.70. The fraction of sp³-hybridized carbons (Fsp3) is 0.0714. The van der Waals surface area contributed by atoms with E-state index in [1.165, 1.54) is 19.1 Å². The highest BCUT2D eigenvalue weighted by Crippen LogP contribution is 2.22. The van der Waals surface area contributed by atoms with Crippen LogP contribution in [0.2, 0.25) is 0 Å². The number of esters is 1. The van der Waals surface area contributed by atoms with E-state index < -0.39 is 0 Å². The maximum absolute atomic E-state index is 12.8. The number of hydrogen-bond acceptors (Lipinski definition) is 2. The van der Waals surface area contributed by atoms with Gasteiger partial charge in [0.2, 0.25) is 0 Å². The van der Waals surface area contributed by atoms with E-state index >= 15 is 0 Å². The normalized spacial score (nSPS) is 10.0. The molecular weight excluding hydrogens is 219 g/mol. The molecule has 0 aliphatic carbocycles. The summed E-state index contributed by atoms with van der Waals surface area (Å²) < 4.78 is 17.7. The molecule has 0 amide bonds. The molecule has 3 heteroatoms. The van der Waals surface area contributed by atoms with Crippen molar-refractivity contribution in [2.75, 3.05) is 0 Å². The molecule has 0 aromatic heterocycles. The maximum Gasteiger partial charge on any atom is 0.308 e. The van der Waals surface area contributed by atoms with Crippen LogP contribution in [0.4, 0.5) is 4.39 Å². The molecule has 0 spiro atoms. The molecule has 2 aromatic carbocycles. The van der Waals surface area contributed by atoms with Crippen molar-refractivity contribution in [1.82, 2.24) is 0 Å². The van der Waals surface area contributed by atoms with Gasteiger partial charge in [0.15, 0.2) is 0 Å². The summed E-state index contributed by atoms with van der Waals surface area (Å²) in [5, 5.41) is 0. The van der Waals surface area contributed by atoms with Gasteiger partial charge in [-0.3, -0.25) is 4.79 Å². The molecule has 2 nitrogen and oxygen atoms in total. The third-order valence-corrected chi connectivity index (χ3v) is 2.29. The number of hydrogen-bond donors (Lipinski definition) is 0. The minimum Gasteiger partial charge on any atom is -0.427 e. The molecule has 0 heterocycles. The topological polar surface area (TPSA) is 26.3 Å². The van der Waals surface area contributed by atoms with Crippen LogP contribution in [-0.4, -0.2) is 5.97 Å². The quantitative estimate of drug-likeness (QED) is 0.583. The van der Waals surface area contributed by atoms with Crippen LogP contribution in [-0.2, 0) is 4.79 Å². The van der Waals surface area contributed by atoms with Crippen molar-refractivity contribution in [3.05, 3.63) is 54.3 Å². The van der Waals surface area contributed by atoms with Crippen LogP contribution in [0.25, 0.3) is 11.1 Å². The number of carbonyl (C=O) groups is 1.